The van der Waals surface area contributed by atoms with Crippen LogP contribution in [0, 0.1) is 0 Å². The van der Waals surface area contributed by atoms with E-state index in [0.29, 0.717) is 19.3 Å². The maximum absolute atomic E-state index is 12.8. The summed E-state index contributed by atoms with van der Waals surface area (Å²) < 4.78 is 16.8. The first-order valence-corrected chi connectivity index (χ1v) is 27.4. The molecule has 6 nitrogen and oxygen atoms in total. The highest BCUT2D eigenvalue weighted by molar-refractivity contribution is 5.71. The van der Waals surface area contributed by atoms with Crippen molar-refractivity contribution in [2.45, 2.75) is 271 Å². The molecular formula is C59H102O6. The van der Waals surface area contributed by atoms with Gasteiger partial charge in [-0.2, -0.15) is 0 Å². The Bertz CT molecular complexity index is 1230. The lowest BCUT2D eigenvalue weighted by Crippen LogP contribution is -2.30. The van der Waals surface area contributed by atoms with E-state index in [1.54, 1.807) is 0 Å². The molecule has 0 radical (unpaired) electrons. The molecule has 1 atom stereocenters. The van der Waals surface area contributed by atoms with Crippen molar-refractivity contribution in [2.24, 2.45) is 0 Å². The van der Waals surface area contributed by atoms with Crippen LogP contribution in [-0.4, -0.2) is 37.2 Å². The highest BCUT2D eigenvalue weighted by atomic mass is 16.6. The maximum Gasteiger partial charge on any atom is 0.306 e. The van der Waals surface area contributed by atoms with Gasteiger partial charge in [0.15, 0.2) is 6.10 Å². The number of esters is 3. The molecule has 0 aliphatic rings. The van der Waals surface area contributed by atoms with E-state index in [2.05, 4.69) is 87.6 Å². The Labute approximate surface area is 402 Å². The zero-order valence-corrected chi connectivity index (χ0v) is 42.7. The third-order valence-corrected chi connectivity index (χ3v) is 11.7. The molecule has 0 aliphatic carbocycles. The Hall–Kier alpha value is -3.15. The van der Waals surface area contributed by atoms with Gasteiger partial charge >= 0.3 is 17.9 Å². The van der Waals surface area contributed by atoms with E-state index in [0.717, 1.165) is 77.0 Å². The Morgan fingerprint density at radius 1 is 0.323 bits per heavy atom. The molecule has 0 aliphatic heterocycles. The van der Waals surface area contributed by atoms with Gasteiger partial charge in [0, 0.05) is 19.3 Å². The van der Waals surface area contributed by atoms with Gasteiger partial charge in [-0.25, -0.2) is 0 Å². The molecule has 0 N–H and O–H groups in total. The van der Waals surface area contributed by atoms with Crippen molar-refractivity contribution in [3.05, 3.63) is 72.9 Å². The quantitative estimate of drug-likeness (QED) is 0.0262. The van der Waals surface area contributed by atoms with Crippen molar-refractivity contribution in [3.63, 3.8) is 0 Å². The minimum absolute atomic E-state index is 0.0949. The van der Waals surface area contributed by atoms with Crippen LogP contribution in [0.15, 0.2) is 72.9 Å². The fourth-order valence-corrected chi connectivity index (χ4v) is 7.65. The molecule has 0 heterocycles. The molecule has 0 amide bonds. The second kappa shape index (κ2) is 53.5. The van der Waals surface area contributed by atoms with Crippen LogP contribution in [0.4, 0.5) is 0 Å². The molecule has 0 saturated heterocycles. The predicted molar refractivity (Wildman–Crippen MR) is 279 cm³/mol. The number of hydrogen-bond acceptors (Lipinski definition) is 6. The van der Waals surface area contributed by atoms with Crippen molar-refractivity contribution in [2.75, 3.05) is 13.2 Å². The summed E-state index contributed by atoms with van der Waals surface area (Å²) in [6.45, 7) is 6.48. The molecule has 0 saturated carbocycles. The number of carbonyl (C=O) groups excluding carboxylic acids is 3. The number of ether oxygens (including phenoxy) is 3. The lowest BCUT2D eigenvalue weighted by atomic mass is 10.0. The zero-order valence-electron chi connectivity index (χ0n) is 42.7. The Kier molecular flexibility index (Phi) is 50.9. The second-order valence-electron chi connectivity index (χ2n) is 18.1. The van der Waals surface area contributed by atoms with Crippen LogP contribution in [0.1, 0.15) is 265 Å². The van der Waals surface area contributed by atoms with Crippen LogP contribution in [0.5, 0.6) is 0 Å². The second-order valence-corrected chi connectivity index (χ2v) is 18.1. The van der Waals surface area contributed by atoms with Gasteiger partial charge in [0.1, 0.15) is 13.2 Å². The summed E-state index contributed by atoms with van der Waals surface area (Å²) in [5, 5.41) is 0. The molecule has 0 rings (SSSR count). The third kappa shape index (κ3) is 51.7. The Balaban J connectivity index is 4.47. The van der Waals surface area contributed by atoms with E-state index < -0.39 is 6.10 Å². The third-order valence-electron chi connectivity index (χ3n) is 11.7. The SMILES string of the molecule is CC/C=C\C/C=C\C/C=C\C/C=C\C/C=C\C/C=C\CCC(=O)OCC(COC(=O)CCCCCCCCCCCCCCC)OC(=O)CCCCCCCCCCCCCCCCC. The first kappa shape index (κ1) is 61.9. The predicted octanol–water partition coefficient (Wildman–Crippen LogP) is 18.2. The normalized spacial score (nSPS) is 12.6. The first-order valence-electron chi connectivity index (χ1n) is 27.4. The van der Waals surface area contributed by atoms with Crippen LogP contribution < -0.4 is 0 Å². The molecular weight excluding hydrogens is 805 g/mol. The van der Waals surface area contributed by atoms with Crippen molar-refractivity contribution >= 4 is 17.9 Å². The monoisotopic (exact) mass is 907 g/mol. The Morgan fingerprint density at radius 3 is 0.938 bits per heavy atom. The van der Waals surface area contributed by atoms with Gasteiger partial charge in [-0.1, -0.05) is 261 Å². The van der Waals surface area contributed by atoms with Gasteiger partial charge in [-0.3, -0.25) is 14.4 Å². The van der Waals surface area contributed by atoms with Crippen molar-refractivity contribution in [1.82, 2.24) is 0 Å². The molecule has 0 fully saturated rings. The molecule has 1 unspecified atom stereocenters. The fourth-order valence-electron chi connectivity index (χ4n) is 7.65. The van der Waals surface area contributed by atoms with Crippen LogP contribution in [-0.2, 0) is 28.6 Å². The summed E-state index contributed by atoms with van der Waals surface area (Å²) in [5.74, 6) is -0.974. The van der Waals surface area contributed by atoms with Crippen LogP contribution in [0.2, 0.25) is 0 Å². The minimum atomic E-state index is -0.802. The highest BCUT2D eigenvalue weighted by Crippen LogP contribution is 2.16. The van der Waals surface area contributed by atoms with Gasteiger partial charge in [0.25, 0.3) is 0 Å². The van der Waals surface area contributed by atoms with E-state index in [9.17, 15) is 14.4 Å². The molecule has 374 valence electrons. The standard InChI is InChI=1S/C59H102O6/c1-4-7-10-13-16-19-22-25-27-28-29-30-32-34-37-40-43-46-49-52-58(61)64-55-56(54-63-57(60)51-48-45-42-39-36-33-24-21-18-15-12-9-6-3)65-59(62)53-50-47-44-41-38-35-31-26-23-20-17-14-11-8-5-2/h7,10,16,19,25,27,29-30,34,37,43,46,56H,4-6,8-9,11-15,17-18,20-24,26,28,31-33,35-36,38-42,44-45,47-55H2,1-3H3/b10-7-,19-16-,27-25-,30-29-,37-34-,46-43-. The van der Waals surface area contributed by atoms with Crippen LogP contribution >= 0.6 is 0 Å². The molecule has 0 aromatic carbocycles. The zero-order chi connectivity index (χ0) is 47.2. The van der Waals surface area contributed by atoms with E-state index in [4.69, 9.17) is 14.2 Å². The van der Waals surface area contributed by atoms with E-state index >= 15 is 0 Å². The topological polar surface area (TPSA) is 78.9 Å². The van der Waals surface area contributed by atoms with Gasteiger partial charge in [0.05, 0.1) is 0 Å². The maximum atomic E-state index is 12.8. The smallest absolute Gasteiger partial charge is 0.306 e. The van der Waals surface area contributed by atoms with E-state index in [-0.39, 0.29) is 37.5 Å². The fraction of sp³-hybridized carbons (Fsp3) is 0.746. The average molecular weight is 907 g/mol. The summed E-state index contributed by atoms with van der Waals surface area (Å²) in [5.41, 5.74) is 0. The van der Waals surface area contributed by atoms with Gasteiger partial charge in [-0.05, 0) is 57.8 Å². The number of hydrogen-bond donors (Lipinski definition) is 0. The molecule has 0 bridgehead atoms. The van der Waals surface area contributed by atoms with Crippen molar-refractivity contribution < 1.29 is 28.6 Å². The lowest BCUT2D eigenvalue weighted by molar-refractivity contribution is -0.166. The number of allylic oxidation sites excluding steroid dienone is 12. The number of carbonyl (C=O) groups is 3. The summed E-state index contributed by atoms with van der Waals surface area (Å²) in [6.07, 6.45) is 67.5. The van der Waals surface area contributed by atoms with Crippen LogP contribution in [0.25, 0.3) is 0 Å². The summed E-state index contributed by atoms with van der Waals surface area (Å²) in [6, 6.07) is 0. The molecule has 0 spiro atoms. The Morgan fingerprint density at radius 2 is 0.600 bits per heavy atom. The molecule has 6 heteroatoms. The summed E-state index contributed by atoms with van der Waals surface area (Å²) in [4.78, 5) is 38.0. The van der Waals surface area contributed by atoms with Crippen molar-refractivity contribution in [3.8, 4) is 0 Å². The van der Waals surface area contributed by atoms with E-state index in [1.165, 1.54) is 141 Å². The highest BCUT2D eigenvalue weighted by Gasteiger charge is 2.19. The first-order chi connectivity index (χ1) is 32.0. The molecule has 65 heavy (non-hydrogen) atoms. The van der Waals surface area contributed by atoms with Gasteiger partial charge in [0.2, 0.25) is 0 Å². The largest absolute Gasteiger partial charge is 0.462 e. The minimum Gasteiger partial charge on any atom is -0.462 e. The summed E-state index contributed by atoms with van der Waals surface area (Å²) >= 11 is 0. The molecule has 0 aromatic rings. The van der Waals surface area contributed by atoms with Crippen LogP contribution in [0.3, 0.4) is 0 Å². The van der Waals surface area contributed by atoms with E-state index in [1.807, 2.05) is 6.08 Å². The lowest BCUT2D eigenvalue weighted by Gasteiger charge is -2.18. The molecule has 0 aromatic heterocycles. The van der Waals surface area contributed by atoms with Crippen molar-refractivity contribution in [1.29, 1.82) is 0 Å². The average Bonchev–Trinajstić information content (AvgIpc) is 3.30. The van der Waals surface area contributed by atoms with Gasteiger partial charge in [-0.15, -0.1) is 0 Å². The number of unbranched alkanes of at least 4 members (excludes halogenated alkanes) is 26. The summed E-state index contributed by atoms with van der Waals surface area (Å²) in [7, 11) is 0. The van der Waals surface area contributed by atoms with Gasteiger partial charge < -0.3 is 14.2 Å². The number of rotatable bonds is 49.